The highest BCUT2D eigenvalue weighted by Gasteiger charge is 2.33. The number of azo groups is 1. The summed E-state index contributed by atoms with van der Waals surface area (Å²) in [7, 11) is 0. The van der Waals surface area contributed by atoms with Crippen molar-refractivity contribution in [3.63, 3.8) is 0 Å². The quantitative estimate of drug-likeness (QED) is 0.192. The molecular weight excluding hydrogens is 375 g/mol. The summed E-state index contributed by atoms with van der Waals surface area (Å²) in [5.41, 5.74) is -2.46. The fraction of sp³-hybridized carbons (Fsp3) is 0.364. The van der Waals surface area contributed by atoms with E-state index in [0.717, 1.165) is 6.07 Å². The van der Waals surface area contributed by atoms with Crippen LogP contribution in [0.3, 0.4) is 0 Å². The molecule has 0 heterocycles. The number of hydrogen-bond acceptors (Lipinski definition) is 6. The molecule has 0 spiro atoms. The largest absolute Gasteiger partial charge is 0.464 e. The molecule has 0 fully saturated rings. The van der Waals surface area contributed by atoms with Gasteiger partial charge in [-0.3, -0.25) is 10.1 Å². The average molecular weight is 384 g/mol. The first-order valence-electron chi connectivity index (χ1n) is 5.74. The molecule has 0 saturated carbocycles. The van der Waals surface area contributed by atoms with Gasteiger partial charge in [-0.05, 0) is 35.0 Å². The number of nitro groups is 1. The predicted molar refractivity (Wildman–Crippen MR) is 72.0 cm³/mol. The van der Waals surface area contributed by atoms with Crippen LogP contribution in [0.4, 0.5) is 24.5 Å². The fourth-order valence-corrected chi connectivity index (χ4v) is 1.53. The number of hydrogen-bond donors (Lipinski definition) is 0. The van der Waals surface area contributed by atoms with Crippen LogP contribution in [0, 0.1) is 10.1 Å². The second kappa shape index (κ2) is 7.29. The fourth-order valence-electron chi connectivity index (χ4n) is 1.30. The number of alkyl halides is 4. The Morgan fingerprint density at radius 2 is 2.14 bits per heavy atom. The van der Waals surface area contributed by atoms with Gasteiger partial charge in [0, 0.05) is 6.07 Å². The van der Waals surface area contributed by atoms with Crippen LogP contribution in [0.25, 0.3) is 0 Å². The monoisotopic (exact) mass is 383 g/mol. The van der Waals surface area contributed by atoms with Crippen molar-refractivity contribution in [2.75, 3.05) is 6.61 Å². The Hall–Kier alpha value is -2.04. The molecule has 1 rings (SSSR count). The number of esters is 1. The molecule has 0 N–H and O–H groups in total. The highest BCUT2D eigenvalue weighted by molar-refractivity contribution is 9.10. The molecule has 22 heavy (non-hydrogen) atoms. The molecule has 0 radical (unpaired) electrons. The smallest absolute Gasteiger partial charge is 0.416 e. The number of nitrogens with zero attached hydrogens (tertiary/aromatic N) is 3. The Kier molecular flexibility index (Phi) is 5.97. The summed E-state index contributed by atoms with van der Waals surface area (Å²) in [5.74, 6) is -0.777. The van der Waals surface area contributed by atoms with Crippen LogP contribution < -0.4 is 0 Å². The first-order valence-corrected chi connectivity index (χ1v) is 6.65. The lowest BCUT2D eigenvalue weighted by Gasteiger charge is -2.07. The van der Waals surface area contributed by atoms with Gasteiger partial charge in [0.25, 0.3) is 5.69 Å². The van der Waals surface area contributed by atoms with E-state index in [2.05, 4.69) is 30.9 Å². The van der Waals surface area contributed by atoms with E-state index in [9.17, 15) is 28.1 Å². The zero-order valence-electron chi connectivity index (χ0n) is 11.0. The Morgan fingerprint density at radius 1 is 1.50 bits per heavy atom. The highest BCUT2D eigenvalue weighted by Crippen LogP contribution is 2.36. The van der Waals surface area contributed by atoms with Crippen molar-refractivity contribution >= 4 is 33.3 Å². The number of carbonyl (C=O) groups excluding carboxylic acids is 1. The Balaban J connectivity index is 3.10. The molecular formula is C11H9BrF3N3O4. The molecule has 7 nitrogen and oxygen atoms in total. The molecule has 0 aromatic heterocycles. The minimum absolute atomic E-state index is 0.0941. The summed E-state index contributed by atoms with van der Waals surface area (Å²) >= 11 is 2.82. The van der Waals surface area contributed by atoms with Crippen molar-refractivity contribution in [1.29, 1.82) is 0 Å². The first-order chi connectivity index (χ1) is 10.2. The Labute approximate surface area is 130 Å². The van der Waals surface area contributed by atoms with Crippen LogP contribution >= 0.6 is 15.9 Å². The van der Waals surface area contributed by atoms with Crippen molar-refractivity contribution in [3.8, 4) is 0 Å². The molecule has 1 unspecified atom stereocenters. The SMILES string of the molecule is CCOC(=O)C(Br)N=Nc1ccc(C(F)(F)F)cc1[N+](=O)[O-]. The second-order valence-electron chi connectivity index (χ2n) is 3.76. The van der Waals surface area contributed by atoms with E-state index in [1.54, 1.807) is 6.92 Å². The normalized spacial score (nSPS) is 13.1. The average Bonchev–Trinajstić information content (AvgIpc) is 2.43. The van der Waals surface area contributed by atoms with E-state index in [-0.39, 0.29) is 6.61 Å². The predicted octanol–water partition coefficient (Wildman–Crippen LogP) is 3.98. The van der Waals surface area contributed by atoms with Crippen LogP contribution in [0.2, 0.25) is 0 Å². The minimum Gasteiger partial charge on any atom is -0.464 e. The molecule has 0 aliphatic rings. The summed E-state index contributed by atoms with van der Waals surface area (Å²) < 4.78 is 42.2. The van der Waals surface area contributed by atoms with E-state index in [1.807, 2.05) is 0 Å². The van der Waals surface area contributed by atoms with Gasteiger partial charge in [-0.15, -0.1) is 5.11 Å². The number of benzene rings is 1. The zero-order valence-corrected chi connectivity index (χ0v) is 12.6. The van der Waals surface area contributed by atoms with Crippen LogP contribution in [-0.2, 0) is 15.7 Å². The Bertz CT molecular complexity index is 607. The van der Waals surface area contributed by atoms with Crippen LogP contribution in [0.15, 0.2) is 28.4 Å². The van der Waals surface area contributed by atoms with Gasteiger partial charge < -0.3 is 4.74 Å². The highest BCUT2D eigenvalue weighted by atomic mass is 79.9. The number of nitro benzene ring substituents is 1. The number of halogens is 4. The van der Waals surface area contributed by atoms with E-state index in [0.29, 0.717) is 12.1 Å². The first kappa shape index (κ1) is 18.0. The van der Waals surface area contributed by atoms with E-state index in [4.69, 9.17) is 0 Å². The van der Waals surface area contributed by atoms with Crippen LogP contribution in [-0.4, -0.2) is 22.5 Å². The van der Waals surface area contributed by atoms with E-state index >= 15 is 0 Å². The molecule has 0 aliphatic carbocycles. The van der Waals surface area contributed by atoms with Crippen molar-refractivity contribution < 1.29 is 27.6 Å². The number of ether oxygens (including phenoxy) is 1. The number of carbonyl (C=O) groups is 1. The van der Waals surface area contributed by atoms with Gasteiger partial charge in [0.1, 0.15) is 0 Å². The van der Waals surface area contributed by atoms with E-state index in [1.165, 1.54) is 0 Å². The topological polar surface area (TPSA) is 94.2 Å². The maximum absolute atomic E-state index is 12.5. The summed E-state index contributed by atoms with van der Waals surface area (Å²) in [6.07, 6.45) is -4.72. The number of rotatable bonds is 5. The maximum Gasteiger partial charge on any atom is 0.416 e. The molecule has 1 aromatic carbocycles. The molecule has 11 heteroatoms. The second-order valence-corrected chi connectivity index (χ2v) is 4.63. The van der Waals surface area contributed by atoms with Crippen molar-refractivity contribution in [2.45, 2.75) is 18.1 Å². The summed E-state index contributed by atoms with van der Waals surface area (Å²) in [6, 6.07) is 1.78. The van der Waals surface area contributed by atoms with Gasteiger partial charge in [-0.1, -0.05) is 0 Å². The van der Waals surface area contributed by atoms with Gasteiger partial charge >= 0.3 is 12.1 Å². The van der Waals surface area contributed by atoms with Gasteiger partial charge in [0.15, 0.2) is 5.69 Å². The summed E-state index contributed by atoms with van der Waals surface area (Å²) in [6.45, 7) is 1.66. The molecule has 120 valence electrons. The zero-order chi connectivity index (χ0) is 16.9. The van der Waals surface area contributed by atoms with Gasteiger partial charge in [-0.25, -0.2) is 4.79 Å². The van der Waals surface area contributed by atoms with Crippen LogP contribution in [0.1, 0.15) is 12.5 Å². The third-order valence-electron chi connectivity index (χ3n) is 2.25. The van der Waals surface area contributed by atoms with Gasteiger partial charge in [0.05, 0.1) is 17.1 Å². The minimum atomic E-state index is -4.72. The van der Waals surface area contributed by atoms with Crippen LogP contribution in [0.5, 0.6) is 0 Å². The summed E-state index contributed by atoms with van der Waals surface area (Å²) in [4.78, 5) is 19.8. The standard InChI is InChI=1S/C11H9BrF3N3O4/c1-2-22-10(19)9(12)17-16-7-4-3-6(11(13,14)15)5-8(7)18(20)21/h3-5,9H,2H2,1H3. The molecule has 0 bridgehead atoms. The lowest BCUT2D eigenvalue weighted by molar-refractivity contribution is -0.384. The third-order valence-corrected chi connectivity index (χ3v) is 2.80. The lowest BCUT2D eigenvalue weighted by Crippen LogP contribution is -2.14. The van der Waals surface area contributed by atoms with E-state index < -0.39 is 39.0 Å². The molecule has 0 aliphatic heterocycles. The molecule has 0 amide bonds. The molecule has 0 saturated heterocycles. The molecule has 1 aromatic rings. The molecule has 1 atom stereocenters. The lowest BCUT2D eigenvalue weighted by atomic mass is 10.1. The van der Waals surface area contributed by atoms with Crippen molar-refractivity contribution in [3.05, 3.63) is 33.9 Å². The third kappa shape index (κ3) is 4.76. The Morgan fingerprint density at radius 3 is 2.64 bits per heavy atom. The van der Waals surface area contributed by atoms with Crippen molar-refractivity contribution in [1.82, 2.24) is 0 Å². The van der Waals surface area contributed by atoms with Gasteiger partial charge in [-0.2, -0.15) is 18.3 Å². The summed E-state index contributed by atoms with van der Waals surface area (Å²) in [5, 5.41) is 17.7. The van der Waals surface area contributed by atoms with Gasteiger partial charge in [0.2, 0.25) is 4.95 Å². The van der Waals surface area contributed by atoms with Crippen molar-refractivity contribution in [2.24, 2.45) is 10.2 Å². The maximum atomic E-state index is 12.5.